The largest absolute Gasteiger partial charge is 0.493 e. The Hall–Kier alpha value is -1.43. The van der Waals surface area contributed by atoms with E-state index in [1.54, 1.807) is 31.4 Å². The van der Waals surface area contributed by atoms with Crippen LogP contribution in [0, 0.1) is 10.1 Å². The van der Waals surface area contributed by atoms with Gasteiger partial charge in [-0.05, 0) is 24.5 Å². The molecule has 1 unspecified atom stereocenters. The Morgan fingerprint density at radius 3 is 2.29 bits per heavy atom. The zero-order valence-corrected chi connectivity index (χ0v) is 11.0. The smallest absolute Gasteiger partial charge is 0.289 e. The topological polar surface area (TPSA) is 61.6 Å². The van der Waals surface area contributed by atoms with E-state index in [0.717, 1.165) is 0 Å². The molecule has 0 N–H and O–H groups in total. The van der Waals surface area contributed by atoms with Crippen LogP contribution in [0.15, 0.2) is 18.2 Å². The summed E-state index contributed by atoms with van der Waals surface area (Å²) in [5.74, 6) is 1.05. The summed E-state index contributed by atoms with van der Waals surface area (Å²) >= 11 is 1.17. The highest BCUT2D eigenvalue weighted by atomic mass is 32.2. The van der Waals surface area contributed by atoms with Gasteiger partial charge in [0, 0.05) is 17.4 Å². The van der Waals surface area contributed by atoms with Gasteiger partial charge in [0.25, 0.3) is 4.87 Å². The molecule has 0 heterocycles. The number of nitrogens with zero attached hydrogens (tertiary/aromatic N) is 1. The highest BCUT2D eigenvalue weighted by molar-refractivity contribution is 7.99. The summed E-state index contributed by atoms with van der Waals surface area (Å²) in [4.78, 5) is 9.63. The van der Waals surface area contributed by atoms with E-state index in [-0.39, 0.29) is 4.92 Å². The SMILES string of the molecule is COc1ccc(C(C)(SC)[N+](=O)[O-])cc1OC. The van der Waals surface area contributed by atoms with Crippen LogP contribution in [0.3, 0.4) is 0 Å². The molecule has 17 heavy (non-hydrogen) atoms. The minimum Gasteiger partial charge on any atom is -0.493 e. The van der Waals surface area contributed by atoms with E-state index >= 15 is 0 Å². The maximum absolute atomic E-state index is 11.1. The predicted octanol–water partition coefficient (Wildman–Crippen LogP) is 2.52. The molecule has 0 amide bonds. The second kappa shape index (κ2) is 5.27. The Labute approximate surface area is 104 Å². The number of hydrogen-bond acceptors (Lipinski definition) is 5. The van der Waals surface area contributed by atoms with Crippen molar-refractivity contribution in [2.45, 2.75) is 11.8 Å². The molecule has 1 aromatic carbocycles. The third-order valence-corrected chi connectivity index (χ3v) is 3.84. The van der Waals surface area contributed by atoms with Gasteiger partial charge in [0.15, 0.2) is 11.5 Å². The predicted molar refractivity (Wildman–Crippen MR) is 67.4 cm³/mol. The Morgan fingerprint density at radius 1 is 1.29 bits per heavy atom. The van der Waals surface area contributed by atoms with Crippen molar-refractivity contribution in [1.29, 1.82) is 0 Å². The van der Waals surface area contributed by atoms with Crippen LogP contribution in [-0.2, 0) is 4.87 Å². The van der Waals surface area contributed by atoms with Crippen molar-refractivity contribution in [3.63, 3.8) is 0 Å². The summed E-state index contributed by atoms with van der Waals surface area (Å²) in [6.45, 7) is 1.57. The lowest BCUT2D eigenvalue weighted by molar-refractivity contribution is -0.541. The number of rotatable bonds is 5. The first-order valence-electron chi connectivity index (χ1n) is 4.91. The first-order valence-corrected chi connectivity index (χ1v) is 6.14. The van der Waals surface area contributed by atoms with Gasteiger partial charge < -0.3 is 9.47 Å². The maximum atomic E-state index is 11.1. The van der Waals surface area contributed by atoms with Gasteiger partial charge >= 0.3 is 0 Å². The molecule has 0 spiro atoms. The Kier molecular flexibility index (Phi) is 4.22. The molecule has 0 aromatic heterocycles. The summed E-state index contributed by atoms with van der Waals surface area (Å²) < 4.78 is 10.2. The van der Waals surface area contributed by atoms with E-state index < -0.39 is 4.87 Å². The van der Waals surface area contributed by atoms with Crippen LogP contribution >= 0.6 is 11.8 Å². The van der Waals surface area contributed by atoms with Gasteiger partial charge in [-0.2, -0.15) is 0 Å². The molecule has 1 atom stereocenters. The third-order valence-electron chi connectivity index (χ3n) is 2.67. The van der Waals surface area contributed by atoms with Crippen LogP contribution in [-0.4, -0.2) is 25.4 Å². The average Bonchev–Trinajstić information content (AvgIpc) is 2.36. The lowest BCUT2D eigenvalue weighted by atomic mass is 10.1. The van der Waals surface area contributed by atoms with Gasteiger partial charge in [-0.1, -0.05) is 11.8 Å². The molecule has 5 nitrogen and oxygen atoms in total. The monoisotopic (exact) mass is 257 g/mol. The van der Waals surface area contributed by atoms with E-state index in [9.17, 15) is 10.1 Å². The summed E-state index contributed by atoms with van der Waals surface area (Å²) in [5, 5.41) is 11.1. The van der Waals surface area contributed by atoms with Crippen LogP contribution < -0.4 is 9.47 Å². The molecule has 0 aliphatic heterocycles. The summed E-state index contributed by atoms with van der Waals surface area (Å²) in [6.07, 6.45) is 1.71. The highest BCUT2D eigenvalue weighted by Gasteiger charge is 2.39. The molecule has 0 aliphatic rings. The van der Waals surface area contributed by atoms with Crippen LogP contribution in [0.1, 0.15) is 12.5 Å². The molecule has 0 bridgehead atoms. The molecule has 0 aliphatic carbocycles. The number of benzene rings is 1. The maximum Gasteiger partial charge on any atom is 0.289 e. The Morgan fingerprint density at radius 2 is 1.88 bits per heavy atom. The number of ether oxygens (including phenoxy) is 2. The molecule has 0 saturated carbocycles. The fourth-order valence-electron chi connectivity index (χ4n) is 1.42. The van der Waals surface area contributed by atoms with Crippen molar-refractivity contribution in [3.05, 3.63) is 33.9 Å². The first kappa shape index (κ1) is 13.6. The number of hydrogen-bond donors (Lipinski definition) is 0. The zero-order valence-electron chi connectivity index (χ0n) is 10.2. The lowest BCUT2D eigenvalue weighted by Gasteiger charge is -2.19. The molecule has 94 valence electrons. The van der Waals surface area contributed by atoms with E-state index in [1.165, 1.54) is 26.0 Å². The number of thioether (sulfide) groups is 1. The van der Waals surface area contributed by atoms with E-state index in [1.807, 2.05) is 0 Å². The second-order valence-corrected chi connectivity index (χ2v) is 4.72. The van der Waals surface area contributed by atoms with Crippen molar-refractivity contribution in [1.82, 2.24) is 0 Å². The molecule has 6 heteroatoms. The summed E-state index contributed by atoms with van der Waals surface area (Å²) in [6, 6.07) is 4.99. The average molecular weight is 257 g/mol. The molecule has 0 radical (unpaired) electrons. The molecular formula is C11H15NO4S. The second-order valence-electron chi connectivity index (χ2n) is 3.51. The van der Waals surface area contributed by atoms with Crippen LogP contribution in [0.5, 0.6) is 11.5 Å². The van der Waals surface area contributed by atoms with Crippen molar-refractivity contribution in [3.8, 4) is 11.5 Å². The zero-order chi connectivity index (χ0) is 13.1. The molecule has 0 fully saturated rings. The van der Waals surface area contributed by atoms with Crippen molar-refractivity contribution >= 4 is 11.8 Å². The van der Waals surface area contributed by atoms with Gasteiger partial charge in [-0.3, -0.25) is 10.1 Å². The van der Waals surface area contributed by atoms with Crippen LogP contribution in [0.2, 0.25) is 0 Å². The number of nitro groups is 1. The Balaban J connectivity index is 3.27. The van der Waals surface area contributed by atoms with Gasteiger partial charge in [0.05, 0.1) is 14.2 Å². The lowest BCUT2D eigenvalue weighted by Crippen LogP contribution is -2.27. The Bertz CT molecular complexity index is 424. The van der Waals surface area contributed by atoms with Gasteiger partial charge in [0.1, 0.15) is 0 Å². The normalized spacial score (nSPS) is 13.9. The minimum absolute atomic E-state index is 0.307. The fourth-order valence-corrected chi connectivity index (χ4v) is 1.93. The number of methoxy groups -OCH3 is 2. The van der Waals surface area contributed by atoms with Crippen molar-refractivity contribution in [2.24, 2.45) is 0 Å². The fraction of sp³-hybridized carbons (Fsp3) is 0.455. The molecular weight excluding hydrogens is 242 g/mol. The van der Waals surface area contributed by atoms with Crippen molar-refractivity contribution < 1.29 is 14.4 Å². The molecule has 1 aromatic rings. The highest BCUT2D eigenvalue weighted by Crippen LogP contribution is 2.39. The standard InChI is InChI=1S/C11H15NO4S/c1-11(17-4,12(13)14)8-5-6-9(15-2)10(7-8)16-3/h5-7H,1-4H3. The summed E-state index contributed by atoms with van der Waals surface area (Å²) in [7, 11) is 3.03. The van der Waals surface area contributed by atoms with Gasteiger partial charge in [-0.15, -0.1) is 0 Å². The van der Waals surface area contributed by atoms with Gasteiger partial charge in [0.2, 0.25) is 0 Å². The molecule has 1 rings (SSSR count). The van der Waals surface area contributed by atoms with E-state index in [0.29, 0.717) is 17.1 Å². The van der Waals surface area contributed by atoms with Crippen LogP contribution in [0.25, 0.3) is 0 Å². The quantitative estimate of drug-likeness (QED) is 0.461. The van der Waals surface area contributed by atoms with Crippen LogP contribution in [0.4, 0.5) is 0 Å². The van der Waals surface area contributed by atoms with E-state index in [4.69, 9.17) is 9.47 Å². The minimum atomic E-state index is -1.18. The van der Waals surface area contributed by atoms with E-state index in [2.05, 4.69) is 0 Å². The van der Waals surface area contributed by atoms with Crippen molar-refractivity contribution in [2.75, 3.05) is 20.5 Å². The third kappa shape index (κ3) is 2.46. The summed E-state index contributed by atoms with van der Waals surface area (Å²) in [5.41, 5.74) is 0.577. The first-order chi connectivity index (χ1) is 7.99. The molecule has 0 saturated heterocycles. The van der Waals surface area contributed by atoms with Gasteiger partial charge in [-0.25, -0.2) is 0 Å².